The largest absolute Gasteiger partial charge is 0.497 e. The van der Waals surface area contributed by atoms with E-state index in [1.165, 1.54) is 5.56 Å². The molecule has 18 heavy (non-hydrogen) atoms. The quantitative estimate of drug-likeness (QED) is 0.827. The van der Waals surface area contributed by atoms with Crippen LogP contribution in [-0.2, 0) is 16.1 Å². The van der Waals surface area contributed by atoms with Crippen molar-refractivity contribution in [2.24, 2.45) is 5.16 Å². The van der Waals surface area contributed by atoms with Gasteiger partial charge in [0.2, 0.25) is 6.61 Å². The van der Waals surface area contributed by atoms with Crippen molar-refractivity contribution < 1.29 is 19.5 Å². The van der Waals surface area contributed by atoms with Crippen molar-refractivity contribution in [2.45, 2.75) is 19.3 Å². The molecular weight excluding hydrogens is 234 g/mol. The highest BCUT2D eigenvalue weighted by molar-refractivity contribution is 6.02. The Hall–Kier alpha value is -2.04. The number of ether oxygens (including phenoxy) is 1. The molecule has 96 valence electrons. The average molecular weight is 249 g/mol. The summed E-state index contributed by atoms with van der Waals surface area (Å²) in [7, 11) is 1.63. The summed E-state index contributed by atoms with van der Waals surface area (Å²) in [4.78, 5) is 15.2. The SMILES string of the molecule is COc1ccc2c(c1)CCCC2=NOCC(=O)O. The van der Waals surface area contributed by atoms with Crippen LogP contribution in [0, 0.1) is 0 Å². The minimum atomic E-state index is -1.02. The number of benzene rings is 1. The maximum Gasteiger partial charge on any atom is 0.344 e. The second kappa shape index (κ2) is 5.53. The Balaban J connectivity index is 2.19. The van der Waals surface area contributed by atoms with Crippen LogP contribution in [0.5, 0.6) is 5.75 Å². The van der Waals surface area contributed by atoms with Crippen LogP contribution in [0.3, 0.4) is 0 Å². The Bertz CT molecular complexity index is 482. The zero-order valence-corrected chi connectivity index (χ0v) is 10.2. The molecule has 0 spiro atoms. The van der Waals surface area contributed by atoms with Gasteiger partial charge >= 0.3 is 5.97 Å². The Morgan fingerprint density at radius 3 is 3.00 bits per heavy atom. The number of hydrogen-bond donors (Lipinski definition) is 1. The fourth-order valence-electron chi connectivity index (χ4n) is 2.03. The summed E-state index contributed by atoms with van der Waals surface area (Å²) in [5.74, 6) is -0.202. The van der Waals surface area contributed by atoms with Gasteiger partial charge in [0.05, 0.1) is 12.8 Å². The molecule has 0 radical (unpaired) electrons. The highest BCUT2D eigenvalue weighted by Gasteiger charge is 2.16. The van der Waals surface area contributed by atoms with E-state index in [0.717, 1.165) is 36.3 Å². The van der Waals surface area contributed by atoms with Gasteiger partial charge in [0.15, 0.2) is 0 Å². The van der Waals surface area contributed by atoms with Crippen molar-refractivity contribution in [1.29, 1.82) is 0 Å². The highest BCUT2D eigenvalue weighted by atomic mass is 16.6. The van der Waals surface area contributed by atoms with Gasteiger partial charge < -0.3 is 14.7 Å². The van der Waals surface area contributed by atoms with Crippen LogP contribution >= 0.6 is 0 Å². The summed E-state index contributed by atoms with van der Waals surface area (Å²) in [6.07, 6.45) is 2.76. The number of rotatable bonds is 4. The van der Waals surface area contributed by atoms with E-state index in [1.54, 1.807) is 7.11 Å². The molecule has 2 rings (SSSR count). The molecule has 0 fully saturated rings. The molecule has 0 unspecified atom stereocenters. The van der Waals surface area contributed by atoms with E-state index >= 15 is 0 Å². The van der Waals surface area contributed by atoms with Gasteiger partial charge in [-0.1, -0.05) is 5.16 Å². The lowest BCUT2D eigenvalue weighted by molar-refractivity contribution is -0.142. The van der Waals surface area contributed by atoms with Gasteiger partial charge in [-0.15, -0.1) is 0 Å². The minimum absolute atomic E-state index is 0.408. The molecule has 0 saturated heterocycles. The second-order valence-electron chi connectivity index (χ2n) is 4.08. The molecule has 1 aromatic rings. The van der Waals surface area contributed by atoms with Crippen LogP contribution in [-0.4, -0.2) is 30.5 Å². The summed E-state index contributed by atoms with van der Waals surface area (Å²) in [6.45, 7) is -0.408. The van der Waals surface area contributed by atoms with Crippen LogP contribution in [0.4, 0.5) is 0 Å². The molecule has 0 saturated carbocycles. The zero-order chi connectivity index (χ0) is 13.0. The molecule has 0 amide bonds. The summed E-state index contributed by atoms with van der Waals surface area (Å²) < 4.78 is 5.18. The van der Waals surface area contributed by atoms with Crippen molar-refractivity contribution in [3.63, 3.8) is 0 Å². The van der Waals surface area contributed by atoms with E-state index in [9.17, 15) is 4.79 Å². The third kappa shape index (κ3) is 2.80. The molecule has 1 N–H and O–H groups in total. The fraction of sp³-hybridized carbons (Fsp3) is 0.385. The van der Waals surface area contributed by atoms with Crippen molar-refractivity contribution >= 4 is 11.7 Å². The van der Waals surface area contributed by atoms with Crippen molar-refractivity contribution in [2.75, 3.05) is 13.7 Å². The molecule has 0 aliphatic heterocycles. The van der Waals surface area contributed by atoms with Gasteiger partial charge in [0.25, 0.3) is 0 Å². The van der Waals surface area contributed by atoms with E-state index in [4.69, 9.17) is 14.7 Å². The van der Waals surface area contributed by atoms with Crippen LogP contribution in [0.1, 0.15) is 24.0 Å². The first-order valence-electron chi connectivity index (χ1n) is 5.78. The Morgan fingerprint density at radius 1 is 1.44 bits per heavy atom. The number of nitrogens with zero attached hydrogens (tertiary/aromatic N) is 1. The molecule has 0 aromatic heterocycles. The number of carbonyl (C=O) groups is 1. The van der Waals surface area contributed by atoms with Gasteiger partial charge in [-0.2, -0.15) is 0 Å². The number of methoxy groups -OCH3 is 1. The molecule has 0 heterocycles. The number of carboxylic acid groups (broad SMARTS) is 1. The average Bonchev–Trinajstić information content (AvgIpc) is 2.38. The van der Waals surface area contributed by atoms with E-state index < -0.39 is 12.6 Å². The number of hydrogen-bond acceptors (Lipinski definition) is 4. The topological polar surface area (TPSA) is 68.1 Å². The maximum absolute atomic E-state index is 10.4. The van der Waals surface area contributed by atoms with Crippen molar-refractivity contribution in [1.82, 2.24) is 0 Å². The van der Waals surface area contributed by atoms with Crippen LogP contribution < -0.4 is 4.74 Å². The Morgan fingerprint density at radius 2 is 2.28 bits per heavy atom. The maximum atomic E-state index is 10.4. The molecule has 1 aliphatic carbocycles. The fourth-order valence-corrected chi connectivity index (χ4v) is 2.03. The van der Waals surface area contributed by atoms with E-state index in [2.05, 4.69) is 5.16 Å². The summed E-state index contributed by atoms with van der Waals surface area (Å²) in [6, 6.07) is 5.80. The molecule has 0 atom stereocenters. The van der Waals surface area contributed by atoms with Crippen LogP contribution in [0.2, 0.25) is 0 Å². The standard InChI is InChI=1S/C13H15NO4/c1-17-10-5-6-11-9(7-10)3-2-4-12(11)14-18-8-13(15)16/h5-7H,2-4,8H2,1H3,(H,15,16). The third-order valence-corrected chi connectivity index (χ3v) is 2.85. The van der Waals surface area contributed by atoms with Gasteiger partial charge in [0, 0.05) is 5.56 Å². The summed E-state index contributed by atoms with van der Waals surface area (Å²) in [5, 5.41) is 12.4. The first-order chi connectivity index (χ1) is 8.70. The number of aryl methyl sites for hydroxylation is 1. The molecule has 5 nitrogen and oxygen atoms in total. The van der Waals surface area contributed by atoms with E-state index in [-0.39, 0.29) is 0 Å². The smallest absolute Gasteiger partial charge is 0.344 e. The molecule has 0 bridgehead atoms. The van der Waals surface area contributed by atoms with Gasteiger partial charge in [-0.05, 0) is 43.0 Å². The first-order valence-corrected chi connectivity index (χ1v) is 5.78. The molecule has 1 aliphatic rings. The van der Waals surface area contributed by atoms with Gasteiger partial charge in [-0.3, -0.25) is 0 Å². The Kier molecular flexibility index (Phi) is 3.82. The van der Waals surface area contributed by atoms with Crippen LogP contribution in [0.15, 0.2) is 23.4 Å². The second-order valence-corrected chi connectivity index (χ2v) is 4.08. The summed E-state index contributed by atoms with van der Waals surface area (Å²) >= 11 is 0. The number of fused-ring (bicyclic) bond motifs is 1. The number of aliphatic carboxylic acids is 1. The van der Waals surface area contributed by atoms with Gasteiger partial charge in [-0.25, -0.2) is 4.79 Å². The first kappa shape index (κ1) is 12.4. The lowest BCUT2D eigenvalue weighted by atomic mass is 9.90. The van der Waals surface area contributed by atoms with Crippen molar-refractivity contribution in [3.8, 4) is 5.75 Å². The predicted octanol–water partition coefficient (Wildman–Crippen LogP) is 1.84. The highest BCUT2D eigenvalue weighted by Crippen LogP contribution is 2.25. The molecular formula is C13H15NO4. The predicted molar refractivity (Wildman–Crippen MR) is 66.1 cm³/mol. The Labute approximate surface area is 105 Å². The normalized spacial score (nSPS) is 16.2. The lowest BCUT2D eigenvalue weighted by Gasteiger charge is -2.18. The third-order valence-electron chi connectivity index (χ3n) is 2.85. The number of oxime groups is 1. The monoisotopic (exact) mass is 249 g/mol. The number of carboxylic acids is 1. The van der Waals surface area contributed by atoms with E-state index in [1.807, 2.05) is 18.2 Å². The summed E-state index contributed by atoms with van der Waals surface area (Å²) in [5.41, 5.74) is 2.99. The molecule has 1 aromatic carbocycles. The lowest BCUT2D eigenvalue weighted by Crippen LogP contribution is -2.13. The zero-order valence-electron chi connectivity index (χ0n) is 10.2. The van der Waals surface area contributed by atoms with Crippen molar-refractivity contribution in [3.05, 3.63) is 29.3 Å². The van der Waals surface area contributed by atoms with Gasteiger partial charge in [0.1, 0.15) is 5.75 Å². The minimum Gasteiger partial charge on any atom is -0.497 e. The molecule has 5 heteroatoms. The van der Waals surface area contributed by atoms with Crippen LogP contribution in [0.25, 0.3) is 0 Å². The van der Waals surface area contributed by atoms with E-state index in [0.29, 0.717) is 0 Å².